The minimum atomic E-state index is 0.0588. The molecule has 0 spiro atoms. The van der Waals surface area contributed by atoms with E-state index in [0.29, 0.717) is 17.5 Å². The zero-order valence-electron chi connectivity index (χ0n) is 9.41. The minimum absolute atomic E-state index is 0.0588. The number of likely N-dealkylation sites (N-methyl/N-ethyl adjacent to an activating group) is 1. The third kappa shape index (κ3) is 2.40. The van der Waals surface area contributed by atoms with Crippen LogP contribution in [0, 0.1) is 0 Å². The molecule has 2 heterocycles. The van der Waals surface area contributed by atoms with Crippen molar-refractivity contribution in [2.24, 2.45) is 0 Å². The summed E-state index contributed by atoms with van der Waals surface area (Å²) in [4.78, 5) is 10.0. The third-order valence-corrected chi connectivity index (χ3v) is 2.69. The highest BCUT2D eigenvalue weighted by atomic mass is 35.5. The second-order valence-electron chi connectivity index (χ2n) is 3.57. The SMILES string of the molecule is CN(CCO)c1ncnc(Cl)c1-n1cccc1. The van der Waals surface area contributed by atoms with Gasteiger partial charge in [0.1, 0.15) is 12.0 Å². The van der Waals surface area contributed by atoms with E-state index in [0.717, 1.165) is 5.69 Å². The standard InChI is InChI=1S/C11H13ClN4O/c1-15(6-7-17)11-9(10(12)13-8-14-11)16-4-2-3-5-16/h2-5,8,17H,6-7H2,1H3. The van der Waals surface area contributed by atoms with Crippen LogP contribution in [-0.4, -0.2) is 39.8 Å². The van der Waals surface area contributed by atoms with Crippen molar-refractivity contribution in [2.45, 2.75) is 0 Å². The van der Waals surface area contributed by atoms with Crippen molar-refractivity contribution in [2.75, 3.05) is 25.1 Å². The minimum Gasteiger partial charge on any atom is -0.395 e. The van der Waals surface area contributed by atoms with E-state index in [1.54, 1.807) is 0 Å². The van der Waals surface area contributed by atoms with Crippen molar-refractivity contribution in [1.29, 1.82) is 0 Å². The summed E-state index contributed by atoms with van der Waals surface area (Å²) in [5, 5.41) is 9.35. The zero-order valence-corrected chi connectivity index (χ0v) is 10.2. The Morgan fingerprint density at radius 2 is 2.06 bits per heavy atom. The predicted octanol–water partition coefficient (Wildman–Crippen LogP) is 1.35. The Morgan fingerprint density at radius 1 is 1.35 bits per heavy atom. The molecule has 0 aliphatic heterocycles. The molecule has 0 unspecified atom stereocenters. The number of aromatic nitrogens is 3. The van der Waals surface area contributed by atoms with Gasteiger partial charge >= 0.3 is 0 Å². The van der Waals surface area contributed by atoms with E-state index in [2.05, 4.69) is 9.97 Å². The van der Waals surface area contributed by atoms with E-state index < -0.39 is 0 Å². The molecule has 2 aromatic heterocycles. The molecular weight excluding hydrogens is 240 g/mol. The average Bonchev–Trinajstić information content (AvgIpc) is 2.82. The van der Waals surface area contributed by atoms with Crippen LogP contribution in [0.5, 0.6) is 0 Å². The molecule has 0 aliphatic carbocycles. The summed E-state index contributed by atoms with van der Waals surface area (Å²) < 4.78 is 1.85. The van der Waals surface area contributed by atoms with Crippen LogP contribution in [-0.2, 0) is 0 Å². The first-order chi connectivity index (χ1) is 8.24. The molecule has 0 saturated carbocycles. The summed E-state index contributed by atoms with van der Waals surface area (Å²) in [7, 11) is 1.85. The van der Waals surface area contributed by atoms with Crippen LogP contribution in [0.25, 0.3) is 5.69 Å². The van der Waals surface area contributed by atoms with Gasteiger partial charge in [0.05, 0.1) is 6.61 Å². The first kappa shape index (κ1) is 11.9. The van der Waals surface area contributed by atoms with Crippen LogP contribution in [0.15, 0.2) is 30.9 Å². The van der Waals surface area contributed by atoms with Crippen molar-refractivity contribution in [1.82, 2.24) is 14.5 Å². The highest BCUT2D eigenvalue weighted by Crippen LogP contribution is 2.26. The second-order valence-corrected chi connectivity index (χ2v) is 3.93. The molecule has 0 aliphatic rings. The van der Waals surface area contributed by atoms with E-state index >= 15 is 0 Å². The molecule has 1 N–H and O–H groups in total. The Kier molecular flexibility index (Phi) is 3.61. The summed E-state index contributed by atoms with van der Waals surface area (Å²) in [5.74, 6) is 0.690. The van der Waals surface area contributed by atoms with Gasteiger partial charge in [0.2, 0.25) is 0 Å². The third-order valence-electron chi connectivity index (χ3n) is 2.42. The number of halogens is 1. The van der Waals surface area contributed by atoms with Crippen molar-refractivity contribution < 1.29 is 5.11 Å². The molecule has 0 amide bonds. The van der Waals surface area contributed by atoms with E-state index in [4.69, 9.17) is 16.7 Å². The van der Waals surface area contributed by atoms with Crippen molar-refractivity contribution >= 4 is 17.4 Å². The van der Waals surface area contributed by atoms with Gasteiger partial charge in [0.25, 0.3) is 0 Å². The van der Waals surface area contributed by atoms with Gasteiger partial charge in [-0.05, 0) is 12.1 Å². The number of hydrogen-bond donors (Lipinski definition) is 1. The summed E-state index contributed by atoms with van der Waals surface area (Å²) in [6.07, 6.45) is 5.17. The highest BCUT2D eigenvalue weighted by molar-refractivity contribution is 6.31. The first-order valence-electron chi connectivity index (χ1n) is 5.20. The fraction of sp³-hybridized carbons (Fsp3) is 0.273. The van der Waals surface area contributed by atoms with Gasteiger partial charge in [0, 0.05) is 26.0 Å². The van der Waals surface area contributed by atoms with Crippen LogP contribution < -0.4 is 4.90 Å². The molecule has 2 aromatic rings. The quantitative estimate of drug-likeness (QED) is 0.835. The van der Waals surface area contributed by atoms with Crippen LogP contribution >= 0.6 is 11.6 Å². The molecule has 90 valence electrons. The van der Waals surface area contributed by atoms with E-state index in [-0.39, 0.29) is 6.61 Å². The van der Waals surface area contributed by atoms with Gasteiger partial charge in [-0.1, -0.05) is 11.6 Å². The van der Waals surface area contributed by atoms with Crippen LogP contribution in [0.1, 0.15) is 0 Å². The lowest BCUT2D eigenvalue weighted by atomic mass is 10.4. The summed E-state index contributed by atoms with van der Waals surface area (Å²) in [6.45, 7) is 0.546. The van der Waals surface area contributed by atoms with Gasteiger partial charge in [-0.2, -0.15) is 0 Å². The maximum atomic E-state index is 8.96. The summed E-state index contributed by atoms with van der Waals surface area (Å²) >= 11 is 6.10. The Morgan fingerprint density at radius 3 is 2.71 bits per heavy atom. The zero-order chi connectivity index (χ0) is 12.3. The smallest absolute Gasteiger partial charge is 0.158 e. The maximum Gasteiger partial charge on any atom is 0.158 e. The Balaban J connectivity index is 2.49. The molecule has 6 heteroatoms. The number of hydrogen-bond acceptors (Lipinski definition) is 4. The topological polar surface area (TPSA) is 54.2 Å². The lowest BCUT2D eigenvalue weighted by Crippen LogP contribution is -2.24. The number of aliphatic hydroxyl groups excluding tert-OH is 1. The number of anilines is 1. The lowest BCUT2D eigenvalue weighted by Gasteiger charge is -2.20. The summed E-state index contributed by atoms with van der Waals surface area (Å²) in [5.41, 5.74) is 0.718. The molecule has 0 atom stereocenters. The molecule has 0 aromatic carbocycles. The van der Waals surface area contributed by atoms with Crippen LogP contribution in [0.2, 0.25) is 5.15 Å². The molecule has 17 heavy (non-hydrogen) atoms. The van der Waals surface area contributed by atoms with Gasteiger partial charge in [-0.25, -0.2) is 9.97 Å². The normalized spacial score (nSPS) is 10.5. The van der Waals surface area contributed by atoms with E-state index in [1.807, 2.05) is 41.0 Å². The summed E-state index contributed by atoms with van der Waals surface area (Å²) in [6, 6.07) is 3.80. The van der Waals surface area contributed by atoms with Crippen molar-refractivity contribution in [3.63, 3.8) is 0 Å². The Labute approximate surface area is 104 Å². The molecule has 2 rings (SSSR count). The van der Waals surface area contributed by atoms with Gasteiger partial charge < -0.3 is 14.6 Å². The van der Waals surface area contributed by atoms with E-state index in [9.17, 15) is 0 Å². The average molecular weight is 253 g/mol. The fourth-order valence-electron chi connectivity index (χ4n) is 1.59. The van der Waals surface area contributed by atoms with Crippen molar-refractivity contribution in [3.05, 3.63) is 36.0 Å². The maximum absolute atomic E-state index is 8.96. The fourth-order valence-corrected chi connectivity index (χ4v) is 1.82. The molecule has 0 bridgehead atoms. The Bertz CT molecular complexity index is 486. The van der Waals surface area contributed by atoms with Crippen LogP contribution in [0.3, 0.4) is 0 Å². The molecular formula is C11H13ClN4O. The van der Waals surface area contributed by atoms with Crippen molar-refractivity contribution in [3.8, 4) is 5.69 Å². The molecule has 0 radical (unpaired) electrons. The molecule has 0 fully saturated rings. The largest absolute Gasteiger partial charge is 0.395 e. The predicted molar refractivity (Wildman–Crippen MR) is 66.7 cm³/mol. The highest BCUT2D eigenvalue weighted by Gasteiger charge is 2.14. The lowest BCUT2D eigenvalue weighted by molar-refractivity contribution is 0.304. The number of nitrogens with zero attached hydrogens (tertiary/aromatic N) is 4. The monoisotopic (exact) mass is 252 g/mol. The van der Waals surface area contributed by atoms with Gasteiger partial charge in [-0.15, -0.1) is 0 Å². The molecule has 5 nitrogen and oxygen atoms in total. The van der Waals surface area contributed by atoms with Crippen LogP contribution in [0.4, 0.5) is 5.82 Å². The molecule has 0 saturated heterocycles. The number of aliphatic hydroxyl groups is 1. The Hall–Kier alpha value is -1.59. The van der Waals surface area contributed by atoms with E-state index in [1.165, 1.54) is 6.33 Å². The van der Waals surface area contributed by atoms with Gasteiger partial charge in [0.15, 0.2) is 11.0 Å². The first-order valence-corrected chi connectivity index (χ1v) is 5.57. The van der Waals surface area contributed by atoms with Gasteiger partial charge in [-0.3, -0.25) is 0 Å². The second kappa shape index (κ2) is 5.16. The number of rotatable bonds is 4.